The van der Waals surface area contributed by atoms with Crippen molar-refractivity contribution in [3.05, 3.63) is 162 Å². The molecule has 0 saturated carbocycles. The second-order valence-electron chi connectivity index (χ2n) is 18.9. The van der Waals surface area contributed by atoms with Crippen molar-refractivity contribution in [1.82, 2.24) is 4.57 Å². The van der Waals surface area contributed by atoms with E-state index >= 15 is 0 Å². The molecule has 0 unspecified atom stereocenters. The molecule has 284 valence electrons. The first-order chi connectivity index (χ1) is 29.1. The van der Waals surface area contributed by atoms with Crippen LogP contribution in [0.4, 0.5) is 11.4 Å². The lowest BCUT2D eigenvalue weighted by atomic mass is 9.44. The molecule has 5 heteroatoms. The minimum absolute atomic E-state index is 0.0450. The van der Waals surface area contributed by atoms with E-state index in [1.54, 1.807) is 0 Å². The largest absolute Gasteiger partial charge is 0.456 e. The Balaban J connectivity index is 1.16. The lowest BCUT2D eigenvalue weighted by Gasteiger charge is -2.42. The molecule has 2 aliphatic heterocycles. The molecule has 0 N–H and O–H groups in total. The van der Waals surface area contributed by atoms with Gasteiger partial charge in [0.15, 0.2) is 0 Å². The third-order valence-electron chi connectivity index (χ3n) is 14.3. The van der Waals surface area contributed by atoms with Crippen LogP contribution in [0.15, 0.2) is 150 Å². The number of aromatic nitrogens is 1. The highest BCUT2D eigenvalue weighted by atomic mass is 32.1. The van der Waals surface area contributed by atoms with Crippen LogP contribution in [0.2, 0.25) is 0 Å². The van der Waals surface area contributed by atoms with Crippen LogP contribution in [0.25, 0.3) is 91.9 Å². The van der Waals surface area contributed by atoms with Gasteiger partial charge in [0.05, 0.1) is 11.0 Å². The van der Waals surface area contributed by atoms with Gasteiger partial charge in [-0.15, -0.1) is 11.3 Å². The highest BCUT2D eigenvalue weighted by Crippen LogP contribution is 2.55. The molecule has 3 aromatic heterocycles. The van der Waals surface area contributed by atoms with E-state index in [2.05, 4.69) is 190 Å². The van der Waals surface area contributed by atoms with E-state index in [1.807, 2.05) is 11.3 Å². The first-order valence-electron chi connectivity index (χ1n) is 21.2. The Kier molecular flexibility index (Phi) is 6.09. The van der Waals surface area contributed by atoms with Gasteiger partial charge < -0.3 is 13.8 Å². The van der Waals surface area contributed by atoms with Crippen molar-refractivity contribution in [2.45, 2.75) is 45.4 Å². The van der Waals surface area contributed by atoms with Gasteiger partial charge >= 0.3 is 6.85 Å². The molecule has 0 atom stereocenters. The van der Waals surface area contributed by atoms with E-state index in [-0.39, 0.29) is 17.7 Å². The van der Waals surface area contributed by atoms with Crippen LogP contribution >= 0.6 is 11.3 Å². The first kappa shape index (κ1) is 33.3. The van der Waals surface area contributed by atoms with Gasteiger partial charge in [-0.3, -0.25) is 0 Å². The summed E-state index contributed by atoms with van der Waals surface area (Å²) in [6.45, 7) is 11.7. The van der Waals surface area contributed by atoms with Crippen molar-refractivity contribution in [2.75, 3.05) is 4.81 Å². The molecule has 8 aromatic carbocycles. The Morgan fingerprint density at radius 1 is 0.550 bits per heavy atom. The molecular formula is C55H39BN2OS. The van der Waals surface area contributed by atoms with Crippen LogP contribution in [0, 0.1) is 0 Å². The summed E-state index contributed by atoms with van der Waals surface area (Å²) in [5.41, 5.74) is 20.1. The molecule has 0 saturated heterocycles. The third-order valence-corrected chi connectivity index (χ3v) is 15.5. The zero-order chi connectivity index (χ0) is 40.0. The van der Waals surface area contributed by atoms with Crippen LogP contribution in [0.1, 0.15) is 51.3 Å². The van der Waals surface area contributed by atoms with Crippen molar-refractivity contribution >= 4 is 104 Å². The van der Waals surface area contributed by atoms with Gasteiger partial charge in [-0.05, 0) is 104 Å². The van der Waals surface area contributed by atoms with Crippen molar-refractivity contribution < 1.29 is 4.42 Å². The average Bonchev–Trinajstić information content (AvgIpc) is 3.97. The molecule has 3 aliphatic rings. The molecule has 3 nitrogen and oxygen atoms in total. The molecule has 11 aromatic rings. The molecule has 0 amide bonds. The van der Waals surface area contributed by atoms with Gasteiger partial charge in [0.1, 0.15) is 11.2 Å². The van der Waals surface area contributed by atoms with E-state index < -0.39 is 0 Å². The van der Waals surface area contributed by atoms with Gasteiger partial charge in [0.25, 0.3) is 0 Å². The smallest absolute Gasteiger partial charge is 0.333 e. The lowest BCUT2D eigenvalue weighted by Crippen LogP contribution is -2.60. The standard InChI is InChI=1S/C55H39BN2OS/c1-54(2,3)30-18-20-31(21-19-30)58-46-27-43-37(32-12-6-9-15-42(32)55(43,4)5)24-38(46)35-22-23-36-39-25-40-33-13-7-10-16-48(33)59-49(40)29-45(39)57-47-26-41-34-14-8-11-17-50(34)60-51(41)28-44(47)56(58)52(35)53(36)57/h6-29H,1-5H3. The maximum atomic E-state index is 6.61. The van der Waals surface area contributed by atoms with E-state index in [0.29, 0.717) is 0 Å². The van der Waals surface area contributed by atoms with Crippen LogP contribution < -0.4 is 15.7 Å². The lowest BCUT2D eigenvalue weighted by molar-refractivity contribution is 0.590. The normalized spacial score (nSPS) is 14.8. The fourth-order valence-corrected chi connectivity index (χ4v) is 12.6. The van der Waals surface area contributed by atoms with Crippen molar-refractivity contribution in [3.8, 4) is 27.9 Å². The zero-order valence-corrected chi connectivity index (χ0v) is 35.0. The number of fused-ring (bicyclic) bond motifs is 17. The first-order valence-corrected chi connectivity index (χ1v) is 22.0. The Morgan fingerprint density at radius 3 is 2.18 bits per heavy atom. The predicted molar refractivity (Wildman–Crippen MR) is 256 cm³/mol. The van der Waals surface area contributed by atoms with Gasteiger partial charge in [0, 0.05) is 75.8 Å². The minimum atomic E-state index is -0.131. The topological polar surface area (TPSA) is 21.3 Å². The highest BCUT2D eigenvalue weighted by Gasteiger charge is 2.46. The van der Waals surface area contributed by atoms with E-state index in [9.17, 15) is 0 Å². The third kappa shape index (κ3) is 4.07. The summed E-state index contributed by atoms with van der Waals surface area (Å²) in [7, 11) is 0. The monoisotopic (exact) mass is 786 g/mol. The second kappa shape index (κ2) is 11.0. The number of furan rings is 1. The van der Waals surface area contributed by atoms with Crippen LogP contribution in [-0.4, -0.2) is 11.4 Å². The number of benzene rings is 8. The fourth-order valence-electron chi connectivity index (χ4n) is 11.4. The maximum absolute atomic E-state index is 6.61. The Hall–Kier alpha value is -6.56. The highest BCUT2D eigenvalue weighted by molar-refractivity contribution is 7.26. The summed E-state index contributed by atoms with van der Waals surface area (Å²) in [5, 5.41) is 7.47. The predicted octanol–water partition coefficient (Wildman–Crippen LogP) is 13.9. The number of anilines is 2. The number of rotatable bonds is 1. The minimum Gasteiger partial charge on any atom is -0.456 e. The Bertz CT molecular complexity index is 3740. The quantitative estimate of drug-likeness (QED) is 0.155. The second-order valence-corrected chi connectivity index (χ2v) is 20.0. The molecule has 0 fully saturated rings. The summed E-state index contributed by atoms with van der Waals surface area (Å²) < 4.78 is 11.8. The number of nitrogens with zero attached hydrogens (tertiary/aromatic N) is 2. The summed E-state index contributed by atoms with van der Waals surface area (Å²) >= 11 is 1.91. The SMILES string of the molecule is CC(C)(C)c1ccc(N2B3c4cc5sc6ccccc6c5cc4-n4c5cc6oc7ccccc7c6cc5c5ccc(c3c54)-c3cc4c(cc32)C(C)(C)c2ccccc2-4)cc1. The summed E-state index contributed by atoms with van der Waals surface area (Å²) in [4.78, 5) is 2.70. The molecule has 1 aliphatic carbocycles. The van der Waals surface area contributed by atoms with E-state index in [1.165, 1.54) is 109 Å². The maximum Gasteiger partial charge on any atom is 0.333 e. The molecule has 5 heterocycles. The average molecular weight is 787 g/mol. The van der Waals surface area contributed by atoms with Crippen molar-refractivity contribution in [3.63, 3.8) is 0 Å². The zero-order valence-electron chi connectivity index (χ0n) is 34.1. The molecule has 60 heavy (non-hydrogen) atoms. The van der Waals surface area contributed by atoms with Gasteiger partial charge in [-0.25, -0.2) is 0 Å². The number of hydrogen-bond acceptors (Lipinski definition) is 3. The van der Waals surface area contributed by atoms with Gasteiger partial charge in [-0.1, -0.05) is 120 Å². The van der Waals surface area contributed by atoms with E-state index in [0.717, 1.165) is 21.9 Å². The van der Waals surface area contributed by atoms with Crippen LogP contribution in [0.5, 0.6) is 0 Å². The van der Waals surface area contributed by atoms with Crippen molar-refractivity contribution in [2.24, 2.45) is 0 Å². The molecule has 0 radical (unpaired) electrons. The number of thiophene rings is 1. The molecule has 14 rings (SSSR count). The molecule has 0 bridgehead atoms. The summed E-state index contributed by atoms with van der Waals surface area (Å²) in [6.07, 6.45) is 0. The summed E-state index contributed by atoms with van der Waals surface area (Å²) in [5.74, 6) is 0. The Morgan fingerprint density at radius 2 is 1.33 bits per heavy atom. The molecule has 0 spiro atoms. The summed E-state index contributed by atoms with van der Waals surface area (Å²) in [6, 6.07) is 55.5. The number of para-hydroxylation sites is 1. The molecular weight excluding hydrogens is 747 g/mol. The van der Waals surface area contributed by atoms with Gasteiger partial charge in [0.2, 0.25) is 0 Å². The van der Waals surface area contributed by atoms with Crippen molar-refractivity contribution in [1.29, 1.82) is 0 Å². The van der Waals surface area contributed by atoms with Crippen LogP contribution in [-0.2, 0) is 10.8 Å². The Labute approximate surface area is 352 Å². The number of hydrogen-bond donors (Lipinski definition) is 0. The van der Waals surface area contributed by atoms with E-state index in [4.69, 9.17) is 4.42 Å². The fraction of sp³-hybridized carbons (Fsp3) is 0.127. The van der Waals surface area contributed by atoms with Crippen LogP contribution in [0.3, 0.4) is 0 Å². The van der Waals surface area contributed by atoms with Gasteiger partial charge in [-0.2, -0.15) is 0 Å².